The molecule has 3 heteroatoms. The zero-order valence-electron chi connectivity index (χ0n) is 12.1. The Morgan fingerprint density at radius 2 is 2.11 bits per heavy atom. The number of morpholine rings is 1. The molecule has 2 aliphatic rings. The summed E-state index contributed by atoms with van der Waals surface area (Å²) < 4.78 is 5.87. The fourth-order valence-corrected chi connectivity index (χ4v) is 3.51. The van der Waals surface area contributed by atoms with Crippen molar-refractivity contribution in [2.24, 2.45) is 11.7 Å². The molecule has 2 rings (SSSR count). The van der Waals surface area contributed by atoms with Crippen molar-refractivity contribution in [2.75, 3.05) is 19.7 Å². The zero-order valence-corrected chi connectivity index (χ0v) is 12.1. The highest BCUT2D eigenvalue weighted by Gasteiger charge is 2.36. The number of hydrogen-bond donors (Lipinski definition) is 1. The van der Waals surface area contributed by atoms with Gasteiger partial charge in [-0.15, -0.1) is 0 Å². The number of nitrogens with zero attached hydrogens (tertiary/aromatic N) is 1. The molecule has 1 aliphatic carbocycles. The van der Waals surface area contributed by atoms with E-state index in [9.17, 15) is 0 Å². The van der Waals surface area contributed by atoms with Crippen LogP contribution in [0.5, 0.6) is 0 Å². The summed E-state index contributed by atoms with van der Waals surface area (Å²) in [5, 5.41) is 0. The predicted molar refractivity (Wildman–Crippen MR) is 75.6 cm³/mol. The molecule has 2 N–H and O–H groups in total. The van der Waals surface area contributed by atoms with Gasteiger partial charge in [0.25, 0.3) is 0 Å². The van der Waals surface area contributed by atoms with Crippen LogP contribution in [0.3, 0.4) is 0 Å². The molecule has 18 heavy (non-hydrogen) atoms. The minimum absolute atomic E-state index is 0.361. The fraction of sp³-hybridized carbons (Fsp3) is 1.00. The van der Waals surface area contributed by atoms with E-state index < -0.39 is 0 Å². The maximum absolute atomic E-state index is 5.87. The number of fused-ring (bicyclic) bond motifs is 1. The average Bonchev–Trinajstić information content (AvgIpc) is 2.77. The normalized spacial score (nSPS) is 32.2. The molecule has 1 saturated carbocycles. The Kier molecular flexibility index (Phi) is 5.46. The van der Waals surface area contributed by atoms with Crippen LogP contribution in [0.2, 0.25) is 0 Å². The Labute approximate surface area is 112 Å². The van der Waals surface area contributed by atoms with Crippen LogP contribution in [-0.2, 0) is 4.74 Å². The summed E-state index contributed by atoms with van der Waals surface area (Å²) in [6, 6.07) is 1.08. The van der Waals surface area contributed by atoms with E-state index in [-0.39, 0.29) is 0 Å². The lowest BCUT2D eigenvalue weighted by molar-refractivity contribution is -0.0598. The third kappa shape index (κ3) is 3.94. The van der Waals surface area contributed by atoms with Gasteiger partial charge in [-0.25, -0.2) is 0 Å². The van der Waals surface area contributed by atoms with E-state index in [4.69, 9.17) is 10.5 Å². The second-order valence-corrected chi connectivity index (χ2v) is 6.42. The molecule has 3 nitrogen and oxygen atoms in total. The predicted octanol–water partition coefficient (Wildman–Crippen LogP) is 2.39. The molecule has 1 saturated heterocycles. The van der Waals surface area contributed by atoms with Gasteiger partial charge in [0.2, 0.25) is 0 Å². The molecule has 0 aromatic carbocycles. The van der Waals surface area contributed by atoms with Crippen LogP contribution in [0, 0.1) is 5.92 Å². The highest BCUT2D eigenvalue weighted by atomic mass is 16.5. The molecule has 106 valence electrons. The minimum atomic E-state index is 0.361. The van der Waals surface area contributed by atoms with Gasteiger partial charge >= 0.3 is 0 Å². The topological polar surface area (TPSA) is 38.5 Å². The van der Waals surface area contributed by atoms with Crippen molar-refractivity contribution in [3.63, 3.8) is 0 Å². The van der Waals surface area contributed by atoms with Crippen LogP contribution in [-0.4, -0.2) is 42.8 Å². The maximum atomic E-state index is 5.87. The molecule has 2 fully saturated rings. The number of nitrogens with two attached hydrogens (primary N) is 1. The van der Waals surface area contributed by atoms with Gasteiger partial charge in [-0.3, -0.25) is 4.90 Å². The van der Waals surface area contributed by atoms with E-state index >= 15 is 0 Å². The molecular weight excluding hydrogens is 224 g/mol. The van der Waals surface area contributed by atoms with Gasteiger partial charge in [0, 0.05) is 25.2 Å². The van der Waals surface area contributed by atoms with Crippen molar-refractivity contribution in [1.29, 1.82) is 0 Å². The molecule has 1 aliphatic heterocycles. The van der Waals surface area contributed by atoms with Crippen molar-refractivity contribution in [3.8, 4) is 0 Å². The van der Waals surface area contributed by atoms with Crippen LogP contribution in [0.4, 0.5) is 0 Å². The number of ether oxygens (including phenoxy) is 1. The third-order valence-electron chi connectivity index (χ3n) is 4.50. The van der Waals surface area contributed by atoms with Crippen molar-refractivity contribution >= 4 is 0 Å². The smallest absolute Gasteiger partial charge is 0.0730 e. The molecule has 4 unspecified atom stereocenters. The summed E-state index contributed by atoms with van der Waals surface area (Å²) in [4.78, 5) is 2.69. The van der Waals surface area contributed by atoms with Gasteiger partial charge in [0.15, 0.2) is 0 Å². The van der Waals surface area contributed by atoms with Crippen LogP contribution in [0.15, 0.2) is 0 Å². The van der Waals surface area contributed by atoms with Crippen molar-refractivity contribution in [2.45, 2.75) is 70.6 Å². The number of rotatable bonds is 6. The SMILES string of the molecule is CC(N)CCCC(C)CN1CCOC2CCCC21. The Balaban J connectivity index is 1.70. The second-order valence-electron chi connectivity index (χ2n) is 6.42. The van der Waals surface area contributed by atoms with Crippen molar-refractivity contribution in [1.82, 2.24) is 4.90 Å². The fourth-order valence-electron chi connectivity index (χ4n) is 3.51. The average molecular weight is 254 g/mol. The third-order valence-corrected chi connectivity index (χ3v) is 4.50. The van der Waals surface area contributed by atoms with E-state index in [0.717, 1.165) is 25.1 Å². The Hall–Kier alpha value is -0.120. The summed E-state index contributed by atoms with van der Waals surface area (Å²) in [5.74, 6) is 0.795. The van der Waals surface area contributed by atoms with Crippen LogP contribution < -0.4 is 5.73 Å². The summed E-state index contributed by atoms with van der Waals surface area (Å²) in [7, 11) is 0. The largest absolute Gasteiger partial charge is 0.375 e. The van der Waals surface area contributed by atoms with Gasteiger partial charge in [-0.05, 0) is 44.9 Å². The van der Waals surface area contributed by atoms with Gasteiger partial charge in [-0.2, -0.15) is 0 Å². The summed E-state index contributed by atoms with van der Waals surface area (Å²) in [6.07, 6.45) is 8.27. The highest BCUT2D eigenvalue weighted by Crippen LogP contribution is 2.30. The van der Waals surface area contributed by atoms with Crippen LogP contribution in [0.1, 0.15) is 52.4 Å². The first-order valence-electron chi connectivity index (χ1n) is 7.78. The quantitative estimate of drug-likeness (QED) is 0.791. The first kappa shape index (κ1) is 14.3. The summed E-state index contributed by atoms with van der Waals surface area (Å²) >= 11 is 0. The molecule has 0 amide bonds. The Morgan fingerprint density at radius 3 is 2.89 bits per heavy atom. The molecule has 0 aromatic rings. The minimum Gasteiger partial charge on any atom is -0.375 e. The summed E-state index contributed by atoms with van der Waals surface area (Å²) in [5.41, 5.74) is 5.81. The lowest BCUT2D eigenvalue weighted by atomic mass is 10.00. The van der Waals surface area contributed by atoms with E-state index in [1.807, 2.05) is 0 Å². The van der Waals surface area contributed by atoms with Gasteiger partial charge in [0.05, 0.1) is 12.7 Å². The second kappa shape index (κ2) is 6.88. The van der Waals surface area contributed by atoms with Gasteiger partial charge < -0.3 is 10.5 Å². The molecule has 0 bridgehead atoms. The lowest BCUT2D eigenvalue weighted by Crippen LogP contribution is -2.49. The lowest BCUT2D eigenvalue weighted by Gasteiger charge is -2.39. The van der Waals surface area contributed by atoms with E-state index in [1.165, 1.54) is 45.1 Å². The summed E-state index contributed by atoms with van der Waals surface area (Å²) in [6.45, 7) is 7.83. The Morgan fingerprint density at radius 1 is 1.28 bits per heavy atom. The van der Waals surface area contributed by atoms with Gasteiger partial charge in [-0.1, -0.05) is 13.3 Å². The Bertz CT molecular complexity index is 245. The standard InChI is InChI=1S/C15H30N2O/c1-12(5-3-6-13(2)16)11-17-9-10-18-15-8-4-7-14(15)17/h12-15H,3-11,16H2,1-2H3. The van der Waals surface area contributed by atoms with Crippen molar-refractivity contribution in [3.05, 3.63) is 0 Å². The molecule has 4 atom stereocenters. The molecule has 0 aromatic heterocycles. The first-order valence-corrected chi connectivity index (χ1v) is 7.78. The molecule has 0 radical (unpaired) electrons. The highest BCUT2D eigenvalue weighted by molar-refractivity contribution is 4.89. The van der Waals surface area contributed by atoms with E-state index in [2.05, 4.69) is 18.7 Å². The van der Waals surface area contributed by atoms with Gasteiger partial charge in [0.1, 0.15) is 0 Å². The first-order chi connectivity index (χ1) is 8.66. The zero-order chi connectivity index (χ0) is 13.0. The van der Waals surface area contributed by atoms with Crippen LogP contribution in [0.25, 0.3) is 0 Å². The number of hydrogen-bond acceptors (Lipinski definition) is 3. The van der Waals surface area contributed by atoms with Crippen molar-refractivity contribution < 1.29 is 4.74 Å². The molecule has 0 spiro atoms. The van der Waals surface area contributed by atoms with Crippen LogP contribution >= 0.6 is 0 Å². The maximum Gasteiger partial charge on any atom is 0.0730 e. The monoisotopic (exact) mass is 254 g/mol. The van der Waals surface area contributed by atoms with E-state index in [0.29, 0.717) is 12.1 Å². The molecular formula is C15H30N2O. The molecule has 1 heterocycles. The van der Waals surface area contributed by atoms with E-state index in [1.54, 1.807) is 0 Å².